The van der Waals surface area contributed by atoms with Gasteiger partial charge in [0.2, 0.25) is 5.16 Å². The SMILES string of the molecule is O=[N+]([O-])c1ccc(Cn2c(S(=O)(=O)C(F)(F)C(F)F)nc(-c3ccc(F)cc3)c2-c2ccc(F)cc2)cc1. The fraction of sp³-hybridized carbons (Fsp3) is 0.125. The predicted octanol–water partition coefficient (Wildman–Crippen LogP) is 6.08. The lowest BCUT2D eigenvalue weighted by Crippen LogP contribution is -2.38. The predicted molar refractivity (Wildman–Crippen MR) is 123 cm³/mol. The molecule has 0 aliphatic heterocycles. The Morgan fingerprint density at radius 1 is 0.868 bits per heavy atom. The molecule has 0 saturated heterocycles. The van der Waals surface area contributed by atoms with Crippen LogP contribution in [0.5, 0.6) is 0 Å². The number of nitrogens with zero attached hydrogens (tertiary/aromatic N) is 3. The highest BCUT2D eigenvalue weighted by atomic mass is 32.2. The van der Waals surface area contributed by atoms with Crippen molar-refractivity contribution in [3.05, 3.63) is 100 Å². The van der Waals surface area contributed by atoms with Gasteiger partial charge < -0.3 is 4.57 Å². The van der Waals surface area contributed by atoms with Crippen LogP contribution < -0.4 is 0 Å². The van der Waals surface area contributed by atoms with Crippen molar-refractivity contribution in [3.63, 3.8) is 0 Å². The van der Waals surface area contributed by atoms with Crippen molar-refractivity contribution < 1.29 is 39.7 Å². The van der Waals surface area contributed by atoms with E-state index in [1.165, 1.54) is 36.4 Å². The summed E-state index contributed by atoms with van der Waals surface area (Å²) in [4.78, 5) is 14.1. The van der Waals surface area contributed by atoms with Crippen LogP contribution in [0.1, 0.15) is 5.56 Å². The van der Waals surface area contributed by atoms with Gasteiger partial charge in [-0.25, -0.2) is 31.0 Å². The van der Waals surface area contributed by atoms with Crippen molar-refractivity contribution in [2.75, 3.05) is 0 Å². The highest BCUT2D eigenvalue weighted by Crippen LogP contribution is 2.40. The third kappa shape index (κ3) is 4.86. The Kier molecular flexibility index (Phi) is 7.02. The molecule has 0 bridgehead atoms. The molecule has 14 heteroatoms. The van der Waals surface area contributed by atoms with Gasteiger partial charge in [-0.05, 0) is 54.1 Å². The minimum absolute atomic E-state index is 0.0463. The summed E-state index contributed by atoms with van der Waals surface area (Å²) < 4.78 is 109. The number of halogens is 6. The maximum Gasteiger partial charge on any atom is 0.411 e. The molecule has 0 unspecified atom stereocenters. The van der Waals surface area contributed by atoms with Crippen LogP contribution in [0.3, 0.4) is 0 Å². The summed E-state index contributed by atoms with van der Waals surface area (Å²) in [5.41, 5.74) is -0.506. The number of imidazole rings is 1. The van der Waals surface area contributed by atoms with E-state index in [4.69, 9.17) is 0 Å². The molecule has 0 aliphatic rings. The zero-order chi connectivity index (χ0) is 27.8. The van der Waals surface area contributed by atoms with Gasteiger partial charge in [0.25, 0.3) is 15.5 Å². The van der Waals surface area contributed by atoms with Crippen LogP contribution in [0.15, 0.2) is 78.0 Å². The van der Waals surface area contributed by atoms with Crippen molar-refractivity contribution >= 4 is 15.5 Å². The van der Waals surface area contributed by atoms with E-state index in [-0.39, 0.29) is 33.8 Å². The summed E-state index contributed by atoms with van der Waals surface area (Å²) in [5, 5.41) is 4.01. The minimum atomic E-state index is -6.13. The molecule has 1 aromatic heterocycles. The van der Waals surface area contributed by atoms with E-state index in [9.17, 15) is 44.9 Å². The molecule has 3 aromatic carbocycles. The first kappa shape index (κ1) is 26.9. The highest BCUT2D eigenvalue weighted by Gasteiger charge is 2.57. The first-order valence-electron chi connectivity index (χ1n) is 10.6. The Hall–Kier alpha value is -4.20. The first-order valence-corrected chi connectivity index (χ1v) is 12.1. The molecule has 0 amide bonds. The molecular formula is C24H15F6N3O4S. The largest absolute Gasteiger partial charge is 0.411 e. The van der Waals surface area contributed by atoms with E-state index in [1.54, 1.807) is 0 Å². The normalized spacial score (nSPS) is 12.2. The maximum atomic E-state index is 14.4. The van der Waals surface area contributed by atoms with Crippen LogP contribution in [0, 0.1) is 21.7 Å². The molecule has 0 aliphatic carbocycles. The first-order chi connectivity index (χ1) is 17.8. The van der Waals surface area contributed by atoms with Gasteiger partial charge in [-0.15, -0.1) is 0 Å². The van der Waals surface area contributed by atoms with Gasteiger partial charge in [0, 0.05) is 23.3 Å². The molecule has 4 aromatic rings. The van der Waals surface area contributed by atoms with E-state index in [0.29, 0.717) is 0 Å². The zero-order valence-electron chi connectivity index (χ0n) is 18.9. The van der Waals surface area contributed by atoms with E-state index in [2.05, 4.69) is 4.98 Å². The molecule has 0 N–H and O–H groups in total. The van der Waals surface area contributed by atoms with Crippen molar-refractivity contribution in [1.29, 1.82) is 0 Å². The van der Waals surface area contributed by atoms with Crippen LogP contribution in [0.4, 0.5) is 32.0 Å². The average molecular weight is 555 g/mol. The Labute approximate surface area is 211 Å². The maximum absolute atomic E-state index is 14.4. The van der Waals surface area contributed by atoms with Crippen molar-refractivity contribution in [3.8, 4) is 22.5 Å². The van der Waals surface area contributed by atoms with Gasteiger partial charge in [0.1, 0.15) is 11.6 Å². The molecule has 0 atom stereocenters. The van der Waals surface area contributed by atoms with Crippen molar-refractivity contribution in [2.24, 2.45) is 0 Å². The standard InChI is InChI=1S/C24H15F6N3O4S/c25-17-7-3-15(4-8-17)20-21(16-5-9-18(26)10-6-16)32(13-14-1-11-19(12-2-14)33(34)35)23(31-20)38(36,37)24(29,30)22(27)28/h1-12,22H,13H2. The average Bonchev–Trinajstić information content (AvgIpc) is 3.24. The fourth-order valence-corrected chi connectivity index (χ4v) is 4.77. The monoisotopic (exact) mass is 555 g/mol. The summed E-state index contributed by atoms with van der Waals surface area (Å²) in [6, 6.07) is 13.3. The van der Waals surface area contributed by atoms with Gasteiger partial charge in [0.05, 0.1) is 22.9 Å². The summed E-state index contributed by atoms with van der Waals surface area (Å²) in [5.74, 6) is -1.37. The number of alkyl halides is 4. The second-order valence-corrected chi connectivity index (χ2v) is 9.90. The van der Waals surface area contributed by atoms with Gasteiger partial charge in [-0.2, -0.15) is 8.78 Å². The quantitative estimate of drug-likeness (QED) is 0.149. The molecule has 0 fully saturated rings. The van der Waals surface area contributed by atoms with Crippen LogP contribution in [-0.2, 0) is 16.4 Å². The second-order valence-electron chi connectivity index (χ2n) is 7.98. The van der Waals surface area contributed by atoms with Gasteiger partial charge in [0.15, 0.2) is 0 Å². The molecule has 38 heavy (non-hydrogen) atoms. The summed E-state index contributed by atoms with van der Waals surface area (Å²) in [7, 11) is -6.13. The number of benzene rings is 3. The van der Waals surface area contributed by atoms with Gasteiger partial charge >= 0.3 is 11.7 Å². The molecular weight excluding hydrogens is 540 g/mol. The summed E-state index contributed by atoms with van der Waals surface area (Å²) in [6.07, 6.45) is -4.60. The number of nitro benzene ring substituents is 1. The third-order valence-electron chi connectivity index (χ3n) is 5.51. The Balaban J connectivity index is 2.05. The Morgan fingerprint density at radius 3 is 1.84 bits per heavy atom. The van der Waals surface area contributed by atoms with E-state index >= 15 is 0 Å². The Bertz CT molecular complexity index is 1590. The number of aromatic nitrogens is 2. The Morgan fingerprint density at radius 2 is 1.37 bits per heavy atom. The molecule has 0 saturated carbocycles. The lowest BCUT2D eigenvalue weighted by atomic mass is 10.0. The number of rotatable bonds is 8. The number of hydrogen-bond acceptors (Lipinski definition) is 5. The smallest absolute Gasteiger partial charge is 0.310 e. The van der Waals surface area contributed by atoms with E-state index in [0.717, 1.165) is 41.0 Å². The van der Waals surface area contributed by atoms with Crippen molar-refractivity contribution in [2.45, 2.75) is 23.4 Å². The fourth-order valence-electron chi connectivity index (χ4n) is 3.64. The molecule has 1 heterocycles. The van der Waals surface area contributed by atoms with Crippen molar-refractivity contribution in [1.82, 2.24) is 9.55 Å². The van der Waals surface area contributed by atoms with Crippen LogP contribution in [-0.4, -0.2) is 34.6 Å². The topological polar surface area (TPSA) is 95.1 Å². The number of nitro groups is 1. The van der Waals surface area contributed by atoms with Gasteiger partial charge in [-0.1, -0.05) is 12.1 Å². The van der Waals surface area contributed by atoms with Gasteiger partial charge in [-0.3, -0.25) is 10.1 Å². The molecule has 0 radical (unpaired) electrons. The number of non-ortho nitro benzene ring substituents is 1. The lowest BCUT2D eigenvalue weighted by Gasteiger charge is -2.18. The molecule has 7 nitrogen and oxygen atoms in total. The van der Waals surface area contributed by atoms with Crippen LogP contribution in [0.2, 0.25) is 0 Å². The summed E-state index contributed by atoms with van der Waals surface area (Å²) in [6.45, 7) is -0.563. The van der Waals surface area contributed by atoms with Crippen LogP contribution in [0.25, 0.3) is 22.5 Å². The number of hydrogen-bond donors (Lipinski definition) is 0. The third-order valence-corrected chi connectivity index (χ3v) is 7.20. The summed E-state index contributed by atoms with van der Waals surface area (Å²) >= 11 is 0. The lowest BCUT2D eigenvalue weighted by molar-refractivity contribution is -0.384. The highest BCUT2D eigenvalue weighted by molar-refractivity contribution is 7.92. The molecule has 198 valence electrons. The number of sulfone groups is 1. The van der Waals surface area contributed by atoms with E-state index < -0.39 is 49.8 Å². The van der Waals surface area contributed by atoms with E-state index in [1.807, 2.05) is 0 Å². The minimum Gasteiger partial charge on any atom is -0.310 e. The zero-order valence-corrected chi connectivity index (χ0v) is 19.7. The molecule has 0 spiro atoms. The van der Waals surface area contributed by atoms with Crippen LogP contribution >= 0.6 is 0 Å². The molecule has 4 rings (SSSR count). The second kappa shape index (κ2) is 9.93.